The summed E-state index contributed by atoms with van der Waals surface area (Å²) in [6.45, 7) is 7.40. The second-order valence-electron chi connectivity index (χ2n) is 5.42. The molecule has 6 nitrogen and oxygen atoms in total. The molecule has 0 saturated carbocycles. The third kappa shape index (κ3) is 3.94. The number of hydrogen-bond acceptors (Lipinski definition) is 4. The van der Waals surface area contributed by atoms with E-state index in [-0.39, 0.29) is 12.2 Å². The second kappa shape index (κ2) is 6.23. The van der Waals surface area contributed by atoms with Crippen LogP contribution in [0.15, 0.2) is 0 Å². The third-order valence-corrected chi connectivity index (χ3v) is 4.10. The number of hydrogen-bond donors (Lipinski definition) is 4. The number of aromatic carboxylic acids is 1. The Morgan fingerprint density at radius 2 is 1.90 bits per heavy atom. The molecule has 2 amide bonds. The first kappa shape index (κ1) is 16.5. The summed E-state index contributed by atoms with van der Waals surface area (Å²) in [5.41, 5.74) is 0.367. The first-order valence-electron chi connectivity index (χ1n) is 6.17. The molecule has 4 N–H and O–H groups in total. The lowest BCUT2D eigenvalue weighted by Crippen LogP contribution is -2.38. The summed E-state index contributed by atoms with van der Waals surface area (Å²) >= 11 is 1.23. The Balaban J connectivity index is 2.77. The zero-order valence-electron chi connectivity index (χ0n) is 12.0. The van der Waals surface area contributed by atoms with Crippen molar-refractivity contribution < 1.29 is 19.8 Å². The number of carboxylic acids is 1. The first-order chi connectivity index (χ1) is 9.18. The summed E-state index contributed by atoms with van der Waals surface area (Å²) < 4.78 is 0. The molecule has 0 aliphatic carbocycles. The lowest BCUT2D eigenvalue weighted by Gasteiger charge is -2.21. The van der Waals surface area contributed by atoms with Crippen molar-refractivity contribution in [1.29, 1.82) is 0 Å². The maximum Gasteiger partial charge on any atom is 0.338 e. The van der Waals surface area contributed by atoms with Crippen molar-refractivity contribution in [3.8, 4) is 0 Å². The minimum absolute atomic E-state index is 0.0507. The minimum Gasteiger partial charge on any atom is -0.478 e. The Bertz CT molecular complexity index is 523. The number of carbonyl (C=O) groups is 2. The molecule has 0 unspecified atom stereocenters. The van der Waals surface area contributed by atoms with Gasteiger partial charge in [-0.25, -0.2) is 9.59 Å². The van der Waals surface area contributed by atoms with Crippen LogP contribution in [0.1, 0.15) is 34.6 Å². The van der Waals surface area contributed by atoms with Gasteiger partial charge in [0.25, 0.3) is 0 Å². The molecule has 0 fully saturated rings. The highest BCUT2D eigenvalue weighted by molar-refractivity contribution is 7.16. The minimum atomic E-state index is -1.06. The quantitative estimate of drug-likeness (QED) is 0.670. The topological polar surface area (TPSA) is 98.7 Å². The van der Waals surface area contributed by atoms with Crippen molar-refractivity contribution in [2.75, 3.05) is 18.5 Å². The predicted octanol–water partition coefficient (Wildman–Crippen LogP) is 2.20. The Labute approximate surface area is 121 Å². The van der Waals surface area contributed by atoms with Crippen LogP contribution < -0.4 is 10.6 Å². The van der Waals surface area contributed by atoms with E-state index in [1.807, 2.05) is 20.8 Å². The van der Waals surface area contributed by atoms with Crippen molar-refractivity contribution in [2.24, 2.45) is 5.41 Å². The highest BCUT2D eigenvalue weighted by Gasteiger charge is 2.21. The molecule has 0 aromatic carbocycles. The van der Waals surface area contributed by atoms with Gasteiger partial charge < -0.3 is 15.5 Å². The summed E-state index contributed by atoms with van der Waals surface area (Å²) in [6.07, 6.45) is 0. The van der Waals surface area contributed by atoms with Gasteiger partial charge in [-0.05, 0) is 19.4 Å². The van der Waals surface area contributed by atoms with Crippen molar-refractivity contribution >= 4 is 28.3 Å². The molecule has 0 spiro atoms. The van der Waals surface area contributed by atoms with Crippen LogP contribution >= 0.6 is 11.3 Å². The van der Waals surface area contributed by atoms with Gasteiger partial charge >= 0.3 is 12.0 Å². The Kier molecular flexibility index (Phi) is 5.13. The van der Waals surface area contributed by atoms with Gasteiger partial charge in [-0.15, -0.1) is 11.3 Å². The first-order valence-corrected chi connectivity index (χ1v) is 6.98. The van der Waals surface area contributed by atoms with Gasteiger partial charge in [0, 0.05) is 23.4 Å². The molecule has 7 heteroatoms. The summed E-state index contributed by atoms with van der Waals surface area (Å²) in [5, 5.41) is 23.8. The fraction of sp³-hybridized carbons (Fsp3) is 0.538. The lowest BCUT2D eigenvalue weighted by atomic mass is 9.95. The molecule has 0 saturated heterocycles. The van der Waals surface area contributed by atoms with E-state index in [2.05, 4.69) is 10.6 Å². The highest BCUT2D eigenvalue weighted by Crippen LogP contribution is 2.32. The second-order valence-corrected chi connectivity index (χ2v) is 6.65. The van der Waals surface area contributed by atoms with E-state index in [0.29, 0.717) is 17.1 Å². The van der Waals surface area contributed by atoms with E-state index < -0.39 is 17.4 Å². The largest absolute Gasteiger partial charge is 0.478 e. The molecular formula is C13H20N2O4S. The zero-order chi connectivity index (χ0) is 15.5. The lowest BCUT2D eigenvalue weighted by molar-refractivity contribution is 0.0697. The Morgan fingerprint density at radius 1 is 1.30 bits per heavy atom. The molecule has 20 heavy (non-hydrogen) atoms. The zero-order valence-corrected chi connectivity index (χ0v) is 12.8. The number of rotatable bonds is 5. The summed E-state index contributed by atoms with van der Waals surface area (Å²) in [5.74, 6) is -1.06. The van der Waals surface area contributed by atoms with Gasteiger partial charge in [-0.2, -0.15) is 0 Å². The number of aryl methyl sites for hydroxylation is 1. The molecule has 1 aromatic heterocycles. The third-order valence-electron chi connectivity index (χ3n) is 2.98. The van der Waals surface area contributed by atoms with Crippen LogP contribution in [0.25, 0.3) is 0 Å². The Hall–Kier alpha value is -1.60. The van der Waals surface area contributed by atoms with Gasteiger partial charge in [0.15, 0.2) is 0 Å². The Morgan fingerprint density at radius 3 is 2.40 bits per heavy atom. The van der Waals surface area contributed by atoms with Gasteiger partial charge in [0.1, 0.15) is 5.00 Å². The number of nitrogens with one attached hydrogen (secondary N) is 2. The van der Waals surface area contributed by atoms with Crippen LogP contribution in [0.2, 0.25) is 0 Å². The molecule has 1 rings (SSSR count). The standard InChI is InChI=1S/C13H20N2O4S/c1-7-8(2)20-10(9(7)11(17)18)15-12(19)14-5-13(3,4)6-16/h16H,5-6H2,1-4H3,(H,17,18)(H2,14,15,19). The van der Waals surface area contributed by atoms with E-state index in [1.165, 1.54) is 11.3 Å². The number of carbonyl (C=O) groups excluding carboxylic acids is 1. The normalized spacial score (nSPS) is 11.2. The highest BCUT2D eigenvalue weighted by atomic mass is 32.1. The van der Waals surface area contributed by atoms with E-state index in [0.717, 1.165) is 4.88 Å². The number of urea groups is 1. The fourth-order valence-electron chi connectivity index (χ4n) is 1.50. The molecular weight excluding hydrogens is 280 g/mol. The van der Waals surface area contributed by atoms with Crippen LogP contribution in [0.3, 0.4) is 0 Å². The SMILES string of the molecule is Cc1sc(NC(=O)NCC(C)(C)CO)c(C(=O)O)c1C. The van der Waals surface area contributed by atoms with Crippen molar-refractivity contribution in [1.82, 2.24) is 5.32 Å². The summed E-state index contributed by atoms with van der Waals surface area (Å²) in [7, 11) is 0. The van der Waals surface area contributed by atoms with E-state index in [1.54, 1.807) is 6.92 Å². The molecule has 0 radical (unpaired) electrons. The van der Waals surface area contributed by atoms with Crippen LogP contribution in [0.4, 0.5) is 9.80 Å². The molecule has 1 heterocycles. The monoisotopic (exact) mass is 300 g/mol. The summed E-state index contributed by atoms with van der Waals surface area (Å²) in [4.78, 5) is 23.8. The van der Waals surface area contributed by atoms with Crippen LogP contribution in [0.5, 0.6) is 0 Å². The average molecular weight is 300 g/mol. The molecule has 0 bridgehead atoms. The maximum atomic E-state index is 11.8. The molecule has 0 aliphatic rings. The molecule has 112 valence electrons. The predicted molar refractivity (Wildman–Crippen MR) is 78.6 cm³/mol. The van der Waals surface area contributed by atoms with Crippen LogP contribution in [-0.2, 0) is 0 Å². The van der Waals surface area contributed by atoms with E-state index in [4.69, 9.17) is 5.11 Å². The number of anilines is 1. The van der Waals surface area contributed by atoms with Gasteiger partial charge in [0.2, 0.25) is 0 Å². The number of carboxylic acid groups (broad SMARTS) is 1. The fourth-order valence-corrected chi connectivity index (χ4v) is 2.54. The van der Waals surface area contributed by atoms with Crippen molar-refractivity contribution in [3.63, 3.8) is 0 Å². The van der Waals surface area contributed by atoms with Gasteiger partial charge in [-0.3, -0.25) is 5.32 Å². The number of aliphatic hydroxyl groups excluding tert-OH is 1. The van der Waals surface area contributed by atoms with E-state index in [9.17, 15) is 14.7 Å². The van der Waals surface area contributed by atoms with Crippen LogP contribution in [-0.4, -0.2) is 35.4 Å². The van der Waals surface area contributed by atoms with Crippen molar-refractivity contribution in [2.45, 2.75) is 27.7 Å². The molecule has 0 atom stereocenters. The molecule has 1 aromatic rings. The molecule has 0 aliphatic heterocycles. The number of amides is 2. The number of aliphatic hydroxyl groups is 1. The van der Waals surface area contributed by atoms with Crippen molar-refractivity contribution in [3.05, 3.63) is 16.0 Å². The van der Waals surface area contributed by atoms with Gasteiger partial charge in [-0.1, -0.05) is 13.8 Å². The van der Waals surface area contributed by atoms with Crippen LogP contribution in [0, 0.1) is 19.3 Å². The van der Waals surface area contributed by atoms with Gasteiger partial charge in [0.05, 0.1) is 5.56 Å². The number of thiophene rings is 1. The van der Waals surface area contributed by atoms with E-state index >= 15 is 0 Å². The smallest absolute Gasteiger partial charge is 0.338 e. The average Bonchev–Trinajstić information content (AvgIpc) is 2.62. The summed E-state index contributed by atoms with van der Waals surface area (Å²) in [6, 6.07) is -0.477. The maximum absolute atomic E-state index is 11.8.